The molecule has 1 atom stereocenters. The number of benzene rings is 1. The van der Waals surface area contributed by atoms with Crippen molar-refractivity contribution in [3.63, 3.8) is 0 Å². The second-order valence-corrected chi connectivity index (χ2v) is 3.49. The Kier molecular flexibility index (Phi) is 4.58. The average Bonchev–Trinajstić information content (AvgIpc) is 2.35. The standard InChI is InChI=1S/C13H17NO2/c1-4-12(10(2)13(15)16-3)14-11-8-6-5-7-9-11/h5-9,12,14H,2,4H2,1,3H3/t12-/m0/s1. The van der Waals surface area contributed by atoms with Crippen LogP contribution in [0.25, 0.3) is 0 Å². The average molecular weight is 219 g/mol. The molecular weight excluding hydrogens is 202 g/mol. The van der Waals surface area contributed by atoms with Gasteiger partial charge in [-0.1, -0.05) is 31.7 Å². The second-order valence-electron chi connectivity index (χ2n) is 3.49. The van der Waals surface area contributed by atoms with Crippen molar-refractivity contribution in [2.24, 2.45) is 0 Å². The number of para-hydroxylation sites is 1. The van der Waals surface area contributed by atoms with Crippen molar-refractivity contribution in [1.29, 1.82) is 0 Å². The van der Waals surface area contributed by atoms with Crippen molar-refractivity contribution in [2.75, 3.05) is 12.4 Å². The van der Waals surface area contributed by atoms with Gasteiger partial charge < -0.3 is 10.1 Å². The van der Waals surface area contributed by atoms with E-state index in [2.05, 4.69) is 16.6 Å². The Bertz CT molecular complexity index is 359. The van der Waals surface area contributed by atoms with E-state index in [9.17, 15) is 4.79 Å². The van der Waals surface area contributed by atoms with Crippen LogP contribution in [0, 0.1) is 0 Å². The molecule has 0 aromatic heterocycles. The van der Waals surface area contributed by atoms with E-state index in [0.717, 1.165) is 12.1 Å². The number of rotatable bonds is 5. The van der Waals surface area contributed by atoms with Gasteiger partial charge in [-0.15, -0.1) is 0 Å². The minimum atomic E-state index is -0.365. The van der Waals surface area contributed by atoms with E-state index in [0.29, 0.717) is 5.57 Å². The van der Waals surface area contributed by atoms with Crippen molar-refractivity contribution in [2.45, 2.75) is 19.4 Å². The molecule has 1 aromatic rings. The van der Waals surface area contributed by atoms with E-state index in [-0.39, 0.29) is 12.0 Å². The van der Waals surface area contributed by atoms with Gasteiger partial charge in [0, 0.05) is 5.69 Å². The van der Waals surface area contributed by atoms with E-state index in [4.69, 9.17) is 0 Å². The summed E-state index contributed by atoms with van der Waals surface area (Å²) in [5, 5.41) is 3.24. The van der Waals surface area contributed by atoms with Gasteiger partial charge >= 0.3 is 5.97 Å². The topological polar surface area (TPSA) is 38.3 Å². The van der Waals surface area contributed by atoms with Crippen LogP contribution in [0.3, 0.4) is 0 Å². The Hall–Kier alpha value is -1.77. The van der Waals surface area contributed by atoms with E-state index in [1.807, 2.05) is 37.3 Å². The van der Waals surface area contributed by atoms with Gasteiger partial charge in [0.1, 0.15) is 0 Å². The molecule has 0 aliphatic carbocycles. The van der Waals surface area contributed by atoms with Gasteiger partial charge in [-0.25, -0.2) is 4.79 Å². The third kappa shape index (κ3) is 3.12. The van der Waals surface area contributed by atoms with Crippen LogP contribution in [0.2, 0.25) is 0 Å². The first-order valence-electron chi connectivity index (χ1n) is 5.27. The second kappa shape index (κ2) is 5.95. The highest BCUT2D eigenvalue weighted by Gasteiger charge is 2.17. The maximum atomic E-state index is 11.3. The lowest BCUT2D eigenvalue weighted by atomic mass is 10.1. The highest BCUT2D eigenvalue weighted by molar-refractivity contribution is 5.89. The van der Waals surface area contributed by atoms with Crippen LogP contribution in [-0.2, 0) is 9.53 Å². The molecule has 0 saturated heterocycles. The molecule has 16 heavy (non-hydrogen) atoms. The molecule has 0 bridgehead atoms. The van der Waals surface area contributed by atoms with E-state index in [1.54, 1.807) is 0 Å². The molecule has 1 N–H and O–H groups in total. The van der Waals surface area contributed by atoms with Crippen LogP contribution in [-0.4, -0.2) is 19.1 Å². The summed E-state index contributed by atoms with van der Waals surface area (Å²) in [4.78, 5) is 11.3. The van der Waals surface area contributed by atoms with Crippen LogP contribution < -0.4 is 5.32 Å². The molecule has 3 heteroatoms. The van der Waals surface area contributed by atoms with Crippen molar-refractivity contribution in [1.82, 2.24) is 0 Å². The number of ether oxygens (including phenoxy) is 1. The van der Waals surface area contributed by atoms with Crippen molar-refractivity contribution >= 4 is 11.7 Å². The normalized spacial score (nSPS) is 11.6. The van der Waals surface area contributed by atoms with Crippen molar-refractivity contribution in [3.05, 3.63) is 42.5 Å². The highest BCUT2D eigenvalue weighted by Crippen LogP contribution is 2.14. The fourth-order valence-electron chi connectivity index (χ4n) is 1.44. The number of methoxy groups -OCH3 is 1. The van der Waals surface area contributed by atoms with Gasteiger partial charge in [0.2, 0.25) is 0 Å². The maximum absolute atomic E-state index is 11.3. The number of carbonyl (C=O) groups excluding carboxylic acids is 1. The largest absolute Gasteiger partial charge is 0.466 e. The van der Waals surface area contributed by atoms with E-state index in [1.165, 1.54) is 7.11 Å². The lowest BCUT2D eigenvalue weighted by Crippen LogP contribution is -2.25. The monoisotopic (exact) mass is 219 g/mol. The third-order valence-electron chi connectivity index (χ3n) is 2.39. The third-order valence-corrected chi connectivity index (χ3v) is 2.39. The number of anilines is 1. The first-order chi connectivity index (χ1) is 7.69. The van der Waals surface area contributed by atoms with Crippen molar-refractivity contribution in [3.8, 4) is 0 Å². The zero-order chi connectivity index (χ0) is 12.0. The van der Waals surface area contributed by atoms with Gasteiger partial charge in [-0.05, 0) is 18.6 Å². The number of nitrogens with one attached hydrogen (secondary N) is 1. The van der Waals surface area contributed by atoms with Crippen LogP contribution in [0.5, 0.6) is 0 Å². The molecule has 0 unspecified atom stereocenters. The molecule has 86 valence electrons. The summed E-state index contributed by atoms with van der Waals surface area (Å²) in [5.41, 5.74) is 1.42. The Morgan fingerprint density at radius 2 is 2.06 bits per heavy atom. The van der Waals surface area contributed by atoms with Crippen LogP contribution in [0.1, 0.15) is 13.3 Å². The highest BCUT2D eigenvalue weighted by atomic mass is 16.5. The summed E-state index contributed by atoms with van der Waals surface area (Å²) in [5.74, 6) is -0.365. The Balaban J connectivity index is 2.69. The van der Waals surface area contributed by atoms with Crippen molar-refractivity contribution < 1.29 is 9.53 Å². The molecular formula is C13H17NO2. The first kappa shape index (κ1) is 12.3. The molecule has 0 amide bonds. The zero-order valence-corrected chi connectivity index (χ0v) is 9.69. The summed E-state index contributed by atoms with van der Waals surface area (Å²) in [6.45, 7) is 5.75. The van der Waals surface area contributed by atoms with E-state index < -0.39 is 0 Å². The Morgan fingerprint density at radius 3 is 2.56 bits per heavy atom. The number of hydrogen-bond donors (Lipinski definition) is 1. The molecule has 0 heterocycles. The molecule has 0 aliphatic heterocycles. The summed E-state index contributed by atoms with van der Waals surface area (Å²) < 4.78 is 4.65. The summed E-state index contributed by atoms with van der Waals surface area (Å²) in [7, 11) is 1.36. The smallest absolute Gasteiger partial charge is 0.335 e. The Labute approximate surface area is 96.1 Å². The predicted molar refractivity (Wildman–Crippen MR) is 65.3 cm³/mol. The fourth-order valence-corrected chi connectivity index (χ4v) is 1.44. The molecule has 0 aliphatic rings. The molecule has 1 rings (SSSR count). The number of carbonyl (C=O) groups is 1. The molecule has 0 saturated carbocycles. The molecule has 0 fully saturated rings. The lowest BCUT2D eigenvalue weighted by Gasteiger charge is -2.19. The van der Waals surface area contributed by atoms with Gasteiger partial charge in [0.15, 0.2) is 0 Å². The Morgan fingerprint density at radius 1 is 1.44 bits per heavy atom. The maximum Gasteiger partial charge on any atom is 0.335 e. The molecule has 0 spiro atoms. The summed E-state index contributed by atoms with van der Waals surface area (Å²) >= 11 is 0. The quantitative estimate of drug-likeness (QED) is 0.611. The fraction of sp³-hybridized carbons (Fsp3) is 0.308. The minimum Gasteiger partial charge on any atom is -0.466 e. The minimum absolute atomic E-state index is 0.0881. The number of esters is 1. The van der Waals surface area contributed by atoms with E-state index >= 15 is 0 Å². The van der Waals surface area contributed by atoms with Gasteiger partial charge in [0.05, 0.1) is 18.7 Å². The van der Waals surface area contributed by atoms with Gasteiger partial charge in [-0.2, -0.15) is 0 Å². The first-order valence-corrected chi connectivity index (χ1v) is 5.27. The van der Waals surface area contributed by atoms with Crippen LogP contribution in [0.15, 0.2) is 42.5 Å². The summed E-state index contributed by atoms with van der Waals surface area (Å²) in [6.07, 6.45) is 0.781. The SMILES string of the molecule is C=C(C(=O)OC)[C@H](CC)Nc1ccccc1. The summed E-state index contributed by atoms with van der Waals surface area (Å²) in [6, 6.07) is 9.64. The molecule has 1 aromatic carbocycles. The zero-order valence-electron chi connectivity index (χ0n) is 9.69. The number of hydrogen-bond acceptors (Lipinski definition) is 3. The van der Waals surface area contributed by atoms with Crippen LogP contribution >= 0.6 is 0 Å². The van der Waals surface area contributed by atoms with Crippen LogP contribution in [0.4, 0.5) is 5.69 Å². The van der Waals surface area contributed by atoms with Gasteiger partial charge in [0.25, 0.3) is 0 Å². The van der Waals surface area contributed by atoms with Gasteiger partial charge in [-0.3, -0.25) is 0 Å². The molecule has 0 radical (unpaired) electrons. The molecule has 3 nitrogen and oxygen atoms in total. The lowest BCUT2D eigenvalue weighted by molar-refractivity contribution is -0.136. The predicted octanol–water partition coefficient (Wildman–Crippen LogP) is 2.61.